The maximum Gasteiger partial charge on any atom is 0.242 e. The average Bonchev–Trinajstić information content (AvgIpc) is 2.40. The van der Waals surface area contributed by atoms with Crippen LogP contribution < -0.4 is 10.6 Å². The third kappa shape index (κ3) is 2.74. The lowest BCUT2D eigenvalue weighted by Crippen LogP contribution is -2.44. The van der Waals surface area contributed by atoms with Crippen molar-refractivity contribution in [2.45, 2.75) is 17.9 Å². The summed E-state index contributed by atoms with van der Waals surface area (Å²) in [5.41, 5.74) is 7.34. The molecule has 2 rings (SSSR count). The molecule has 1 heterocycles. The second-order valence-corrected chi connectivity index (χ2v) is 7.28. The van der Waals surface area contributed by atoms with Crippen LogP contribution in [0.15, 0.2) is 23.1 Å². The molecule has 0 radical (unpaired) electrons. The lowest BCUT2D eigenvalue weighted by molar-refractivity contribution is 0.0990. The Kier molecular flexibility index (Phi) is 4.22. The third-order valence-corrected chi connectivity index (χ3v) is 5.27. The van der Waals surface area contributed by atoms with Gasteiger partial charge in [0.15, 0.2) is 0 Å². The summed E-state index contributed by atoms with van der Waals surface area (Å²) in [6, 6.07) is 5.00. The molecular weight excluding hydrogens is 278 g/mol. The van der Waals surface area contributed by atoms with E-state index in [-0.39, 0.29) is 10.9 Å². The van der Waals surface area contributed by atoms with Crippen LogP contribution in [0, 0.1) is 0 Å². The summed E-state index contributed by atoms with van der Waals surface area (Å²) in [4.78, 5) is 2.35. The molecule has 6 nitrogen and oxygen atoms in total. The molecular formula is C13H21N3O3S. The molecule has 20 heavy (non-hydrogen) atoms. The molecule has 1 aliphatic heterocycles. The largest absolute Gasteiger partial charge is 0.397 e. The van der Waals surface area contributed by atoms with E-state index in [2.05, 4.69) is 4.90 Å². The molecule has 1 aliphatic rings. The van der Waals surface area contributed by atoms with E-state index in [1.54, 1.807) is 18.2 Å². The van der Waals surface area contributed by atoms with Crippen LogP contribution in [-0.4, -0.2) is 52.6 Å². The van der Waals surface area contributed by atoms with Gasteiger partial charge in [0.2, 0.25) is 10.0 Å². The Morgan fingerprint density at radius 3 is 2.70 bits per heavy atom. The lowest BCUT2D eigenvalue weighted by atomic mass is 10.2. The number of morpholine rings is 1. The van der Waals surface area contributed by atoms with Crippen LogP contribution in [0.4, 0.5) is 11.4 Å². The number of rotatable bonds is 3. The first-order valence-corrected chi connectivity index (χ1v) is 7.94. The van der Waals surface area contributed by atoms with E-state index in [0.29, 0.717) is 25.4 Å². The van der Waals surface area contributed by atoms with Gasteiger partial charge in [-0.25, -0.2) is 12.7 Å². The van der Waals surface area contributed by atoms with Crippen molar-refractivity contribution in [1.29, 1.82) is 0 Å². The van der Waals surface area contributed by atoms with Crippen LogP contribution >= 0.6 is 0 Å². The van der Waals surface area contributed by atoms with Crippen molar-refractivity contribution >= 4 is 21.4 Å². The summed E-state index contributed by atoms with van der Waals surface area (Å²) in [6.07, 6.45) is 0. The molecule has 0 amide bonds. The van der Waals surface area contributed by atoms with Gasteiger partial charge in [-0.1, -0.05) is 0 Å². The Morgan fingerprint density at radius 2 is 2.10 bits per heavy atom. The molecule has 7 heteroatoms. The Hall–Kier alpha value is -1.31. The Morgan fingerprint density at radius 1 is 1.40 bits per heavy atom. The Balaban J connectivity index is 2.44. The zero-order valence-corrected chi connectivity index (χ0v) is 12.9. The van der Waals surface area contributed by atoms with Crippen LogP contribution in [0.2, 0.25) is 0 Å². The molecule has 1 atom stereocenters. The van der Waals surface area contributed by atoms with Gasteiger partial charge in [0, 0.05) is 26.7 Å². The minimum atomic E-state index is -3.45. The molecule has 0 aliphatic carbocycles. The second-order valence-electron chi connectivity index (χ2n) is 5.13. The van der Waals surface area contributed by atoms with E-state index in [4.69, 9.17) is 10.5 Å². The first-order valence-electron chi connectivity index (χ1n) is 6.50. The molecule has 0 saturated carbocycles. The fraction of sp³-hybridized carbons (Fsp3) is 0.538. The zero-order valence-electron chi connectivity index (χ0n) is 12.0. The van der Waals surface area contributed by atoms with Crippen LogP contribution in [0.25, 0.3) is 0 Å². The molecule has 0 aromatic heterocycles. The monoisotopic (exact) mass is 299 g/mol. The zero-order chi connectivity index (χ0) is 14.9. The highest BCUT2D eigenvalue weighted by molar-refractivity contribution is 7.89. The molecule has 1 fully saturated rings. The fourth-order valence-corrected chi connectivity index (χ4v) is 3.15. The van der Waals surface area contributed by atoms with Gasteiger partial charge in [0.05, 0.1) is 29.5 Å². The van der Waals surface area contributed by atoms with E-state index in [1.807, 2.05) is 6.92 Å². The summed E-state index contributed by atoms with van der Waals surface area (Å²) >= 11 is 0. The summed E-state index contributed by atoms with van der Waals surface area (Å²) in [7, 11) is -0.419. The standard InChI is InChI=1S/C13H21N3O3S/c1-10-9-19-7-6-16(10)13-8-11(4-5-12(13)14)20(17,18)15(2)3/h4-5,8,10H,6-7,9,14H2,1-3H3. The maximum atomic E-state index is 12.2. The van der Waals surface area contributed by atoms with Crippen LogP contribution in [0.3, 0.4) is 0 Å². The predicted molar refractivity (Wildman–Crippen MR) is 79.4 cm³/mol. The maximum absolute atomic E-state index is 12.2. The minimum Gasteiger partial charge on any atom is -0.397 e. The van der Waals surface area contributed by atoms with Crippen molar-refractivity contribution in [1.82, 2.24) is 4.31 Å². The fourth-order valence-electron chi connectivity index (χ4n) is 2.23. The van der Waals surface area contributed by atoms with Gasteiger partial charge >= 0.3 is 0 Å². The third-order valence-electron chi connectivity index (χ3n) is 3.46. The number of benzene rings is 1. The molecule has 1 saturated heterocycles. The lowest BCUT2D eigenvalue weighted by Gasteiger charge is -2.36. The van der Waals surface area contributed by atoms with Crippen molar-refractivity contribution in [3.63, 3.8) is 0 Å². The number of hydrogen-bond donors (Lipinski definition) is 1. The van der Waals surface area contributed by atoms with E-state index in [1.165, 1.54) is 18.4 Å². The van der Waals surface area contributed by atoms with Gasteiger partial charge in [0.25, 0.3) is 0 Å². The minimum absolute atomic E-state index is 0.170. The molecule has 1 aromatic rings. The number of sulfonamides is 1. The van der Waals surface area contributed by atoms with Gasteiger partial charge < -0.3 is 15.4 Å². The summed E-state index contributed by atoms with van der Waals surface area (Å²) in [5.74, 6) is 0. The number of hydrogen-bond acceptors (Lipinski definition) is 5. The predicted octanol–water partition coefficient (Wildman–Crippen LogP) is 0.744. The highest BCUT2D eigenvalue weighted by Crippen LogP contribution is 2.30. The molecule has 112 valence electrons. The highest BCUT2D eigenvalue weighted by Gasteiger charge is 2.24. The topological polar surface area (TPSA) is 75.9 Å². The van der Waals surface area contributed by atoms with E-state index >= 15 is 0 Å². The van der Waals surface area contributed by atoms with Gasteiger partial charge in [0.1, 0.15) is 0 Å². The highest BCUT2D eigenvalue weighted by atomic mass is 32.2. The van der Waals surface area contributed by atoms with E-state index in [9.17, 15) is 8.42 Å². The number of nitrogens with two attached hydrogens (primary N) is 1. The number of anilines is 2. The molecule has 1 aromatic carbocycles. The molecule has 0 bridgehead atoms. The Bertz CT molecular complexity index is 587. The number of ether oxygens (including phenoxy) is 1. The van der Waals surface area contributed by atoms with Crippen molar-refractivity contribution in [2.24, 2.45) is 0 Å². The normalized spacial score (nSPS) is 20.4. The van der Waals surface area contributed by atoms with Crippen LogP contribution in [0.5, 0.6) is 0 Å². The molecule has 2 N–H and O–H groups in total. The Labute approximate surface area is 120 Å². The van der Waals surface area contributed by atoms with Crippen molar-refractivity contribution in [3.05, 3.63) is 18.2 Å². The van der Waals surface area contributed by atoms with Gasteiger partial charge in [-0.2, -0.15) is 0 Å². The first kappa shape index (κ1) is 15.1. The van der Waals surface area contributed by atoms with Crippen molar-refractivity contribution < 1.29 is 13.2 Å². The quantitative estimate of drug-likeness (QED) is 0.833. The molecule has 0 spiro atoms. The average molecular weight is 299 g/mol. The van der Waals surface area contributed by atoms with E-state index in [0.717, 1.165) is 5.69 Å². The van der Waals surface area contributed by atoms with Crippen LogP contribution in [-0.2, 0) is 14.8 Å². The van der Waals surface area contributed by atoms with Gasteiger partial charge in [-0.3, -0.25) is 0 Å². The van der Waals surface area contributed by atoms with Crippen molar-refractivity contribution in [3.8, 4) is 0 Å². The molecule has 1 unspecified atom stereocenters. The summed E-state index contributed by atoms with van der Waals surface area (Å²) < 4.78 is 31.0. The van der Waals surface area contributed by atoms with Gasteiger partial charge in [-0.15, -0.1) is 0 Å². The number of nitrogens with zero attached hydrogens (tertiary/aromatic N) is 2. The SMILES string of the molecule is CC1COCCN1c1cc(S(=O)(=O)N(C)C)ccc1N. The van der Waals surface area contributed by atoms with Crippen LogP contribution in [0.1, 0.15) is 6.92 Å². The van der Waals surface area contributed by atoms with Gasteiger partial charge in [-0.05, 0) is 25.1 Å². The van der Waals surface area contributed by atoms with E-state index < -0.39 is 10.0 Å². The summed E-state index contributed by atoms with van der Waals surface area (Å²) in [6.45, 7) is 3.97. The van der Waals surface area contributed by atoms with Crippen molar-refractivity contribution in [2.75, 3.05) is 44.5 Å². The smallest absolute Gasteiger partial charge is 0.242 e. The first-order chi connectivity index (χ1) is 9.34. The number of nitrogen functional groups attached to an aromatic ring is 1. The second kappa shape index (κ2) is 5.59. The summed E-state index contributed by atoms with van der Waals surface area (Å²) in [5, 5.41) is 0.